The van der Waals surface area contributed by atoms with Gasteiger partial charge >= 0.3 is 6.03 Å². The molecule has 3 aromatic rings. The first-order valence-electron chi connectivity index (χ1n) is 6.07. The van der Waals surface area contributed by atoms with Crippen LogP contribution < -0.4 is 10.6 Å². The van der Waals surface area contributed by atoms with Crippen LogP contribution in [0, 0.1) is 0 Å². The third-order valence-electron chi connectivity index (χ3n) is 2.80. The summed E-state index contributed by atoms with van der Waals surface area (Å²) in [5.41, 5.74) is 2.85. The highest BCUT2D eigenvalue weighted by Gasteiger charge is 2.05. The fraction of sp³-hybridized carbons (Fsp3) is 0. The van der Waals surface area contributed by atoms with Crippen LogP contribution in [0.15, 0.2) is 42.7 Å². The number of aromatic amines is 1. The fourth-order valence-corrected chi connectivity index (χ4v) is 2.46. The number of carbonyl (C=O) groups excluding carboxylic acids is 1. The minimum atomic E-state index is -0.382. The van der Waals surface area contributed by atoms with E-state index in [4.69, 9.17) is 23.2 Å². The van der Waals surface area contributed by atoms with Gasteiger partial charge in [0.1, 0.15) is 0 Å². The molecule has 0 aliphatic rings. The minimum absolute atomic E-state index is 0.382. The predicted molar refractivity (Wildman–Crippen MR) is 85.2 cm³/mol. The average Bonchev–Trinajstić information content (AvgIpc) is 2.84. The first kappa shape index (κ1) is 13.7. The molecule has 1 heterocycles. The summed E-state index contributed by atoms with van der Waals surface area (Å²) in [5.74, 6) is 0. The van der Waals surface area contributed by atoms with Crippen molar-refractivity contribution in [2.45, 2.75) is 0 Å². The highest BCUT2D eigenvalue weighted by molar-refractivity contribution is 6.35. The van der Waals surface area contributed by atoms with Crippen LogP contribution in [0.3, 0.4) is 0 Å². The van der Waals surface area contributed by atoms with Crippen molar-refractivity contribution in [1.82, 2.24) is 9.97 Å². The lowest BCUT2D eigenvalue weighted by Gasteiger charge is -2.08. The van der Waals surface area contributed by atoms with Crippen molar-refractivity contribution in [1.29, 1.82) is 0 Å². The largest absolute Gasteiger partial charge is 0.345 e. The molecule has 0 radical (unpaired) electrons. The molecule has 1 aromatic heterocycles. The van der Waals surface area contributed by atoms with Gasteiger partial charge < -0.3 is 15.6 Å². The van der Waals surface area contributed by atoms with Gasteiger partial charge in [0.25, 0.3) is 0 Å². The number of carbonyl (C=O) groups is 1. The van der Waals surface area contributed by atoms with Crippen molar-refractivity contribution in [2.75, 3.05) is 10.6 Å². The lowest BCUT2D eigenvalue weighted by molar-refractivity contribution is 0.262. The molecular formula is C14H10Cl2N4O. The number of fused-ring (bicyclic) bond motifs is 1. The first-order chi connectivity index (χ1) is 10.1. The Morgan fingerprint density at radius 1 is 1.00 bits per heavy atom. The van der Waals surface area contributed by atoms with E-state index in [1.54, 1.807) is 36.7 Å². The number of H-pyrrole nitrogens is 1. The number of benzene rings is 2. The van der Waals surface area contributed by atoms with Gasteiger partial charge in [-0.2, -0.15) is 0 Å². The third kappa shape index (κ3) is 3.26. The van der Waals surface area contributed by atoms with E-state index in [0.29, 0.717) is 21.4 Å². The molecule has 7 heteroatoms. The zero-order chi connectivity index (χ0) is 14.8. The number of aromatic nitrogens is 2. The van der Waals surface area contributed by atoms with E-state index in [9.17, 15) is 4.79 Å². The summed E-state index contributed by atoms with van der Waals surface area (Å²) >= 11 is 11.8. The number of urea groups is 1. The second kappa shape index (κ2) is 5.63. The number of rotatable bonds is 2. The standard InChI is InChI=1S/C14H10Cl2N4O/c15-8-3-9(16)5-11(4-8)20-14(21)19-10-1-2-12-13(6-10)18-7-17-12/h1-7H,(H,17,18)(H2,19,20,21). The Bertz CT molecular complexity index is 795. The maximum absolute atomic E-state index is 11.9. The Kier molecular flexibility index (Phi) is 3.68. The van der Waals surface area contributed by atoms with Gasteiger partial charge in [0.2, 0.25) is 0 Å². The van der Waals surface area contributed by atoms with E-state index in [0.717, 1.165) is 11.0 Å². The lowest BCUT2D eigenvalue weighted by Crippen LogP contribution is -2.19. The number of nitrogens with zero attached hydrogens (tertiary/aromatic N) is 1. The summed E-state index contributed by atoms with van der Waals surface area (Å²) < 4.78 is 0. The van der Waals surface area contributed by atoms with Crippen LogP contribution >= 0.6 is 23.2 Å². The van der Waals surface area contributed by atoms with E-state index in [-0.39, 0.29) is 6.03 Å². The molecule has 3 N–H and O–H groups in total. The molecule has 2 aromatic carbocycles. The Balaban J connectivity index is 1.73. The van der Waals surface area contributed by atoms with Gasteiger partial charge in [0.05, 0.1) is 17.4 Å². The van der Waals surface area contributed by atoms with Crippen molar-refractivity contribution >= 4 is 51.6 Å². The summed E-state index contributed by atoms with van der Waals surface area (Å²) in [6.07, 6.45) is 1.60. The average molecular weight is 321 g/mol. The molecule has 21 heavy (non-hydrogen) atoms. The van der Waals surface area contributed by atoms with Crippen molar-refractivity contribution in [2.24, 2.45) is 0 Å². The predicted octanol–water partition coefficient (Wildman–Crippen LogP) is 4.51. The molecule has 0 bridgehead atoms. The van der Waals surface area contributed by atoms with Crippen LogP contribution in [0.4, 0.5) is 16.2 Å². The van der Waals surface area contributed by atoms with Crippen LogP contribution in [0.2, 0.25) is 10.0 Å². The van der Waals surface area contributed by atoms with E-state index in [1.165, 1.54) is 0 Å². The van der Waals surface area contributed by atoms with Crippen molar-refractivity contribution in [3.63, 3.8) is 0 Å². The second-order valence-electron chi connectivity index (χ2n) is 4.37. The molecule has 0 aliphatic carbocycles. The summed E-state index contributed by atoms with van der Waals surface area (Å²) in [7, 11) is 0. The Hall–Kier alpha value is -2.24. The van der Waals surface area contributed by atoms with Gasteiger partial charge in [-0.25, -0.2) is 9.78 Å². The van der Waals surface area contributed by atoms with E-state index < -0.39 is 0 Å². The highest BCUT2D eigenvalue weighted by Crippen LogP contribution is 2.23. The molecule has 2 amide bonds. The molecule has 0 unspecified atom stereocenters. The van der Waals surface area contributed by atoms with Crippen LogP contribution in [0.1, 0.15) is 0 Å². The molecule has 0 saturated heterocycles. The Labute approximate surface area is 130 Å². The van der Waals surface area contributed by atoms with Gasteiger partial charge in [-0.05, 0) is 36.4 Å². The van der Waals surface area contributed by atoms with Crippen molar-refractivity contribution in [3.05, 3.63) is 52.8 Å². The maximum Gasteiger partial charge on any atom is 0.323 e. The zero-order valence-corrected chi connectivity index (χ0v) is 12.2. The normalized spacial score (nSPS) is 10.6. The van der Waals surface area contributed by atoms with Gasteiger partial charge in [-0.15, -0.1) is 0 Å². The molecular weight excluding hydrogens is 311 g/mol. The smallest absolute Gasteiger partial charge is 0.323 e. The molecule has 0 spiro atoms. The number of halogens is 2. The third-order valence-corrected chi connectivity index (χ3v) is 3.23. The zero-order valence-electron chi connectivity index (χ0n) is 10.7. The Morgan fingerprint density at radius 3 is 2.48 bits per heavy atom. The summed E-state index contributed by atoms with van der Waals surface area (Å²) in [6, 6.07) is 9.83. The van der Waals surface area contributed by atoms with Crippen LogP contribution in [-0.4, -0.2) is 16.0 Å². The van der Waals surface area contributed by atoms with Gasteiger partial charge in [0, 0.05) is 21.4 Å². The molecule has 0 saturated carbocycles. The molecule has 0 atom stereocenters. The number of hydrogen-bond donors (Lipinski definition) is 3. The summed E-state index contributed by atoms with van der Waals surface area (Å²) in [5, 5.41) is 6.31. The second-order valence-corrected chi connectivity index (χ2v) is 5.24. The van der Waals surface area contributed by atoms with Gasteiger partial charge in [-0.1, -0.05) is 23.2 Å². The molecule has 106 valence electrons. The molecule has 5 nitrogen and oxygen atoms in total. The van der Waals surface area contributed by atoms with Crippen LogP contribution in [-0.2, 0) is 0 Å². The van der Waals surface area contributed by atoms with Crippen LogP contribution in [0.5, 0.6) is 0 Å². The maximum atomic E-state index is 11.9. The minimum Gasteiger partial charge on any atom is -0.345 e. The van der Waals surface area contributed by atoms with E-state index in [1.807, 2.05) is 6.07 Å². The van der Waals surface area contributed by atoms with Crippen molar-refractivity contribution in [3.8, 4) is 0 Å². The monoisotopic (exact) mass is 320 g/mol. The summed E-state index contributed by atoms with van der Waals surface area (Å²) in [6.45, 7) is 0. The SMILES string of the molecule is O=C(Nc1cc(Cl)cc(Cl)c1)Nc1ccc2nc[nH]c2c1. The van der Waals surface area contributed by atoms with E-state index in [2.05, 4.69) is 20.6 Å². The molecule has 3 rings (SSSR count). The number of hydrogen-bond acceptors (Lipinski definition) is 2. The quantitative estimate of drug-likeness (QED) is 0.650. The van der Waals surface area contributed by atoms with Gasteiger partial charge in [0.15, 0.2) is 0 Å². The highest BCUT2D eigenvalue weighted by atomic mass is 35.5. The topological polar surface area (TPSA) is 69.8 Å². The van der Waals surface area contributed by atoms with Crippen molar-refractivity contribution < 1.29 is 4.79 Å². The fourth-order valence-electron chi connectivity index (χ4n) is 1.93. The number of imidazole rings is 1. The first-order valence-corrected chi connectivity index (χ1v) is 6.83. The molecule has 0 fully saturated rings. The van der Waals surface area contributed by atoms with E-state index >= 15 is 0 Å². The van der Waals surface area contributed by atoms with Gasteiger partial charge in [-0.3, -0.25) is 0 Å². The summed E-state index contributed by atoms with van der Waals surface area (Å²) in [4.78, 5) is 19.0. The number of nitrogens with one attached hydrogen (secondary N) is 3. The molecule has 0 aliphatic heterocycles. The number of anilines is 2. The number of amides is 2. The Morgan fingerprint density at radius 2 is 1.71 bits per heavy atom. The lowest BCUT2D eigenvalue weighted by atomic mass is 10.3. The van der Waals surface area contributed by atoms with Crippen LogP contribution in [0.25, 0.3) is 11.0 Å².